The first-order chi connectivity index (χ1) is 12.0. The number of methoxy groups -OCH3 is 1. The third-order valence-electron chi connectivity index (χ3n) is 4.22. The number of benzene rings is 1. The molecule has 0 radical (unpaired) electrons. The average molecular weight is 339 g/mol. The second-order valence-electron chi connectivity index (χ2n) is 6.20. The molecule has 1 saturated heterocycles. The molecular formula is C19H21N3O3. The van der Waals surface area contributed by atoms with Crippen LogP contribution < -0.4 is 9.64 Å². The van der Waals surface area contributed by atoms with Crippen molar-refractivity contribution in [2.24, 2.45) is 0 Å². The lowest BCUT2D eigenvalue weighted by molar-refractivity contribution is -0.120. The van der Waals surface area contributed by atoms with Crippen molar-refractivity contribution < 1.29 is 14.3 Å². The first-order valence-corrected chi connectivity index (χ1v) is 8.16. The van der Waals surface area contributed by atoms with Crippen LogP contribution in [0.15, 0.2) is 36.5 Å². The van der Waals surface area contributed by atoms with Gasteiger partial charge in [0.1, 0.15) is 6.54 Å². The van der Waals surface area contributed by atoms with E-state index in [4.69, 9.17) is 4.74 Å². The van der Waals surface area contributed by atoms with Crippen LogP contribution in [0.5, 0.6) is 5.88 Å². The van der Waals surface area contributed by atoms with Gasteiger partial charge in [-0.05, 0) is 43.2 Å². The maximum atomic E-state index is 12.6. The van der Waals surface area contributed by atoms with Gasteiger partial charge in [-0.2, -0.15) is 0 Å². The Morgan fingerprint density at radius 1 is 1.12 bits per heavy atom. The van der Waals surface area contributed by atoms with Crippen molar-refractivity contribution in [1.29, 1.82) is 0 Å². The second-order valence-corrected chi connectivity index (χ2v) is 6.20. The zero-order chi connectivity index (χ0) is 18.0. The monoisotopic (exact) mass is 339 g/mol. The number of nitrogens with zero attached hydrogens (tertiary/aromatic N) is 3. The van der Waals surface area contributed by atoms with Gasteiger partial charge < -0.3 is 14.5 Å². The van der Waals surface area contributed by atoms with Gasteiger partial charge in [0.2, 0.25) is 11.8 Å². The Labute approximate surface area is 147 Å². The molecule has 130 valence electrons. The zero-order valence-electron chi connectivity index (χ0n) is 14.7. The highest BCUT2D eigenvalue weighted by Gasteiger charge is 2.29. The standard InChI is InChI=1S/C19H21N3O3/c1-13-8-14(2)10-16(9-13)22-7-6-21(12-18(22)23)19(24)15-4-5-20-17(11-15)25-3/h4-5,8-11H,6-7,12H2,1-3H3. The third-order valence-corrected chi connectivity index (χ3v) is 4.22. The van der Waals surface area contributed by atoms with E-state index in [1.165, 1.54) is 13.3 Å². The lowest BCUT2D eigenvalue weighted by Gasteiger charge is -2.34. The molecule has 0 bridgehead atoms. The molecule has 0 saturated carbocycles. The van der Waals surface area contributed by atoms with Crippen molar-refractivity contribution in [2.45, 2.75) is 13.8 Å². The lowest BCUT2D eigenvalue weighted by atomic mass is 10.1. The van der Waals surface area contributed by atoms with Crippen molar-refractivity contribution in [2.75, 3.05) is 31.6 Å². The molecule has 1 aromatic carbocycles. The number of rotatable bonds is 3. The van der Waals surface area contributed by atoms with Crippen LogP contribution in [0, 0.1) is 13.8 Å². The summed E-state index contributed by atoms with van der Waals surface area (Å²) in [6.07, 6.45) is 1.53. The number of aryl methyl sites for hydroxylation is 2. The Balaban J connectivity index is 1.75. The van der Waals surface area contributed by atoms with Crippen LogP contribution in [0.1, 0.15) is 21.5 Å². The minimum atomic E-state index is -0.186. The molecule has 25 heavy (non-hydrogen) atoms. The number of piperazine rings is 1. The van der Waals surface area contributed by atoms with Crippen molar-refractivity contribution in [1.82, 2.24) is 9.88 Å². The van der Waals surface area contributed by atoms with E-state index in [1.54, 1.807) is 21.9 Å². The molecule has 0 atom stereocenters. The third kappa shape index (κ3) is 3.63. The quantitative estimate of drug-likeness (QED) is 0.860. The summed E-state index contributed by atoms with van der Waals surface area (Å²) >= 11 is 0. The number of pyridine rings is 1. The van der Waals surface area contributed by atoms with E-state index in [0.717, 1.165) is 16.8 Å². The van der Waals surface area contributed by atoms with Crippen LogP contribution in [0.25, 0.3) is 0 Å². The van der Waals surface area contributed by atoms with E-state index < -0.39 is 0 Å². The first-order valence-electron chi connectivity index (χ1n) is 8.16. The number of hydrogen-bond donors (Lipinski definition) is 0. The van der Waals surface area contributed by atoms with Crippen LogP contribution in [0.2, 0.25) is 0 Å². The average Bonchev–Trinajstić information content (AvgIpc) is 2.60. The van der Waals surface area contributed by atoms with Gasteiger partial charge in [0.05, 0.1) is 7.11 Å². The molecular weight excluding hydrogens is 318 g/mol. The summed E-state index contributed by atoms with van der Waals surface area (Å²) in [5, 5.41) is 0. The predicted molar refractivity (Wildman–Crippen MR) is 95.0 cm³/mol. The van der Waals surface area contributed by atoms with Crippen LogP contribution in [0.4, 0.5) is 5.69 Å². The Morgan fingerprint density at radius 3 is 2.48 bits per heavy atom. The van der Waals surface area contributed by atoms with Crippen molar-refractivity contribution in [3.8, 4) is 5.88 Å². The first kappa shape index (κ1) is 17.0. The number of anilines is 1. The number of carbonyl (C=O) groups is 2. The van der Waals surface area contributed by atoms with Crippen LogP contribution >= 0.6 is 0 Å². The smallest absolute Gasteiger partial charge is 0.254 e. The molecule has 0 unspecified atom stereocenters. The topological polar surface area (TPSA) is 62.7 Å². The molecule has 0 aliphatic carbocycles. The summed E-state index contributed by atoms with van der Waals surface area (Å²) in [6, 6.07) is 9.28. The summed E-state index contributed by atoms with van der Waals surface area (Å²) in [6.45, 7) is 5.06. The number of hydrogen-bond acceptors (Lipinski definition) is 4. The molecule has 6 heteroatoms. The van der Waals surface area contributed by atoms with Gasteiger partial charge in [-0.15, -0.1) is 0 Å². The molecule has 0 N–H and O–H groups in total. The fraction of sp³-hybridized carbons (Fsp3) is 0.316. The molecule has 2 amide bonds. The van der Waals surface area contributed by atoms with E-state index in [-0.39, 0.29) is 18.4 Å². The maximum Gasteiger partial charge on any atom is 0.254 e. The Hall–Kier alpha value is -2.89. The number of ether oxygens (including phenoxy) is 1. The number of amides is 2. The van der Waals surface area contributed by atoms with Gasteiger partial charge in [-0.25, -0.2) is 4.98 Å². The van der Waals surface area contributed by atoms with Gasteiger partial charge in [-0.1, -0.05) is 6.07 Å². The van der Waals surface area contributed by atoms with E-state index in [0.29, 0.717) is 24.5 Å². The van der Waals surface area contributed by atoms with Gasteiger partial charge in [0, 0.05) is 36.6 Å². The Kier molecular flexibility index (Phi) is 4.70. The van der Waals surface area contributed by atoms with E-state index in [2.05, 4.69) is 11.1 Å². The Morgan fingerprint density at radius 2 is 1.84 bits per heavy atom. The lowest BCUT2D eigenvalue weighted by Crippen LogP contribution is -2.52. The van der Waals surface area contributed by atoms with Crippen LogP contribution in [0.3, 0.4) is 0 Å². The van der Waals surface area contributed by atoms with Crippen LogP contribution in [-0.4, -0.2) is 48.4 Å². The number of carbonyl (C=O) groups excluding carboxylic acids is 2. The van der Waals surface area contributed by atoms with Gasteiger partial charge in [-0.3, -0.25) is 9.59 Å². The van der Waals surface area contributed by atoms with Gasteiger partial charge >= 0.3 is 0 Å². The maximum absolute atomic E-state index is 12.6. The van der Waals surface area contributed by atoms with E-state index in [9.17, 15) is 9.59 Å². The number of aromatic nitrogens is 1. The van der Waals surface area contributed by atoms with E-state index in [1.807, 2.05) is 26.0 Å². The van der Waals surface area contributed by atoms with E-state index >= 15 is 0 Å². The molecule has 1 aliphatic rings. The summed E-state index contributed by atoms with van der Waals surface area (Å²) in [4.78, 5) is 32.5. The fourth-order valence-corrected chi connectivity index (χ4v) is 3.06. The highest BCUT2D eigenvalue weighted by Crippen LogP contribution is 2.22. The Bertz CT molecular complexity index is 799. The molecule has 1 aliphatic heterocycles. The summed E-state index contributed by atoms with van der Waals surface area (Å²) in [5.41, 5.74) is 3.59. The largest absolute Gasteiger partial charge is 0.481 e. The summed E-state index contributed by atoms with van der Waals surface area (Å²) in [7, 11) is 1.50. The minimum absolute atomic E-state index is 0.0659. The summed E-state index contributed by atoms with van der Waals surface area (Å²) in [5.74, 6) is 0.116. The second kappa shape index (κ2) is 6.93. The molecule has 1 aromatic heterocycles. The summed E-state index contributed by atoms with van der Waals surface area (Å²) < 4.78 is 5.05. The highest BCUT2D eigenvalue weighted by atomic mass is 16.5. The van der Waals surface area contributed by atoms with Crippen molar-refractivity contribution in [3.05, 3.63) is 53.2 Å². The molecule has 2 heterocycles. The predicted octanol–water partition coefficient (Wildman–Crippen LogP) is 2.20. The van der Waals surface area contributed by atoms with Gasteiger partial charge in [0.15, 0.2) is 0 Å². The normalized spacial score (nSPS) is 14.6. The minimum Gasteiger partial charge on any atom is -0.481 e. The molecule has 2 aromatic rings. The van der Waals surface area contributed by atoms with Crippen LogP contribution in [-0.2, 0) is 4.79 Å². The molecule has 1 fully saturated rings. The van der Waals surface area contributed by atoms with Crippen molar-refractivity contribution >= 4 is 17.5 Å². The molecule has 6 nitrogen and oxygen atoms in total. The van der Waals surface area contributed by atoms with Gasteiger partial charge in [0.25, 0.3) is 5.91 Å². The highest BCUT2D eigenvalue weighted by molar-refractivity contribution is 6.01. The fourth-order valence-electron chi connectivity index (χ4n) is 3.06. The molecule has 0 spiro atoms. The zero-order valence-corrected chi connectivity index (χ0v) is 14.7. The molecule has 3 rings (SSSR count). The SMILES string of the molecule is COc1cc(C(=O)N2CCN(c3cc(C)cc(C)c3)C(=O)C2)ccn1. The van der Waals surface area contributed by atoms with Crippen molar-refractivity contribution in [3.63, 3.8) is 0 Å².